The largest absolute Gasteiger partial charge is 0.399 e. The molecule has 0 spiro atoms. The lowest BCUT2D eigenvalue weighted by Gasteiger charge is -2.18. The SMILES string of the molecule is CN(Cc1cccc(Br)c1)c1cc(N)ccn1. The fourth-order valence-electron chi connectivity index (χ4n) is 1.63. The third-order valence-corrected chi connectivity index (χ3v) is 2.96. The molecule has 2 aromatic rings. The summed E-state index contributed by atoms with van der Waals surface area (Å²) in [7, 11) is 2.00. The molecule has 0 amide bonds. The molecular formula is C13H14BrN3. The van der Waals surface area contributed by atoms with Crippen LogP contribution >= 0.6 is 15.9 Å². The van der Waals surface area contributed by atoms with Crippen molar-refractivity contribution in [3.05, 3.63) is 52.6 Å². The fourth-order valence-corrected chi connectivity index (χ4v) is 2.08. The van der Waals surface area contributed by atoms with Crippen molar-refractivity contribution in [3.63, 3.8) is 0 Å². The second-order valence-corrected chi connectivity index (χ2v) is 4.85. The standard InChI is InChI=1S/C13H14BrN3/c1-17(13-8-12(15)5-6-16-13)9-10-3-2-4-11(14)7-10/h2-8H,9H2,1H3,(H2,15,16). The minimum Gasteiger partial charge on any atom is -0.399 e. The van der Waals surface area contributed by atoms with Gasteiger partial charge in [-0.3, -0.25) is 0 Å². The zero-order valence-corrected chi connectivity index (χ0v) is 11.2. The summed E-state index contributed by atoms with van der Waals surface area (Å²) < 4.78 is 1.09. The molecule has 0 unspecified atom stereocenters. The molecule has 2 rings (SSSR count). The molecule has 0 atom stereocenters. The van der Waals surface area contributed by atoms with E-state index in [1.807, 2.05) is 25.2 Å². The van der Waals surface area contributed by atoms with E-state index in [4.69, 9.17) is 5.73 Å². The van der Waals surface area contributed by atoms with Crippen LogP contribution in [0, 0.1) is 0 Å². The van der Waals surface area contributed by atoms with Gasteiger partial charge < -0.3 is 10.6 Å². The quantitative estimate of drug-likeness (QED) is 0.945. The average molecular weight is 292 g/mol. The van der Waals surface area contributed by atoms with Gasteiger partial charge in [-0.15, -0.1) is 0 Å². The van der Waals surface area contributed by atoms with Crippen molar-refractivity contribution >= 4 is 27.4 Å². The van der Waals surface area contributed by atoms with Crippen molar-refractivity contribution in [2.45, 2.75) is 6.54 Å². The van der Waals surface area contributed by atoms with E-state index in [1.165, 1.54) is 5.56 Å². The lowest BCUT2D eigenvalue weighted by atomic mass is 10.2. The van der Waals surface area contributed by atoms with Crippen LogP contribution in [-0.2, 0) is 6.54 Å². The van der Waals surface area contributed by atoms with E-state index in [1.54, 1.807) is 12.3 Å². The van der Waals surface area contributed by atoms with Crippen LogP contribution in [0.3, 0.4) is 0 Å². The van der Waals surface area contributed by atoms with Crippen LogP contribution in [0.1, 0.15) is 5.56 Å². The highest BCUT2D eigenvalue weighted by Crippen LogP contribution is 2.17. The number of pyridine rings is 1. The van der Waals surface area contributed by atoms with Gasteiger partial charge in [-0.25, -0.2) is 4.98 Å². The Kier molecular flexibility index (Phi) is 3.64. The molecule has 1 aromatic carbocycles. The van der Waals surface area contributed by atoms with Crippen LogP contribution in [0.4, 0.5) is 11.5 Å². The van der Waals surface area contributed by atoms with Gasteiger partial charge in [-0.05, 0) is 23.8 Å². The van der Waals surface area contributed by atoms with Crippen molar-refractivity contribution in [3.8, 4) is 0 Å². The number of benzene rings is 1. The van der Waals surface area contributed by atoms with Crippen LogP contribution in [0.25, 0.3) is 0 Å². The Bertz CT molecular complexity index is 514. The summed E-state index contributed by atoms with van der Waals surface area (Å²) >= 11 is 3.47. The van der Waals surface area contributed by atoms with Gasteiger partial charge in [0.1, 0.15) is 5.82 Å². The molecule has 1 heterocycles. The Balaban J connectivity index is 2.14. The van der Waals surface area contributed by atoms with E-state index < -0.39 is 0 Å². The highest BCUT2D eigenvalue weighted by molar-refractivity contribution is 9.10. The molecule has 0 aliphatic heterocycles. The molecule has 0 fully saturated rings. The van der Waals surface area contributed by atoms with E-state index in [2.05, 4.69) is 37.9 Å². The molecule has 1 aromatic heterocycles. The van der Waals surface area contributed by atoms with Gasteiger partial charge in [0, 0.05) is 36.0 Å². The van der Waals surface area contributed by atoms with Crippen molar-refractivity contribution in [2.24, 2.45) is 0 Å². The molecule has 0 aliphatic rings. The number of hydrogen-bond donors (Lipinski definition) is 1. The van der Waals surface area contributed by atoms with E-state index in [0.29, 0.717) is 0 Å². The first-order valence-electron chi connectivity index (χ1n) is 5.32. The highest BCUT2D eigenvalue weighted by Gasteiger charge is 2.04. The molecule has 3 nitrogen and oxygen atoms in total. The molecular weight excluding hydrogens is 278 g/mol. The average Bonchev–Trinajstić information content (AvgIpc) is 2.29. The molecule has 2 N–H and O–H groups in total. The Hall–Kier alpha value is -1.55. The van der Waals surface area contributed by atoms with Gasteiger partial charge in [0.25, 0.3) is 0 Å². The van der Waals surface area contributed by atoms with Crippen molar-refractivity contribution < 1.29 is 0 Å². The molecule has 0 radical (unpaired) electrons. The summed E-state index contributed by atoms with van der Waals surface area (Å²) in [5.74, 6) is 0.880. The first-order valence-corrected chi connectivity index (χ1v) is 6.11. The molecule has 4 heteroatoms. The summed E-state index contributed by atoms with van der Waals surface area (Å²) in [6, 6.07) is 11.9. The number of halogens is 1. The highest BCUT2D eigenvalue weighted by atomic mass is 79.9. The summed E-state index contributed by atoms with van der Waals surface area (Å²) in [5.41, 5.74) is 7.70. The molecule has 0 bridgehead atoms. The second kappa shape index (κ2) is 5.19. The molecule has 17 heavy (non-hydrogen) atoms. The maximum absolute atomic E-state index is 5.74. The molecule has 0 saturated carbocycles. The van der Waals surface area contributed by atoms with E-state index >= 15 is 0 Å². The number of nitrogen functional groups attached to an aromatic ring is 1. The van der Waals surface area contributed by atoms with Crippen LogP contribution in [0.2, 0.25) is 0 Å². The third-order valence-electron chi connectivity index (χ3n) is 2.47. The summed E-state index contributed by atoms with van der Waals surface area (Å²) in [6.45, 7) is 0.801. The summed E-state index contributed by atoms with van der Waals surface area (Å²) in [4.78, 5) is 6.36. The lowest BCUT2D eigenvalue weighted by molar-refractivity contribution is 0.898. The summed E-state index contributed by atoms with van der Waals surface area (Å²) in [6.07, 6.45) is 1.72. The molecule has 0 aliphatic carbocycles. The maximum atomic E-state index is 5.74. The number of nitrogens with zero attached hydrogens (tertiary/aromatic N) is 2. The van der Waals surface area contributed by atoms with Crippen molar-refractivity contribution in [1.29, 1.82) is 0 Å². The van der Waals surface area contributed by atoms with Crippen molar-refractivity contribution in [1.82, 2.24) is 4.98 Å². The van der Waals surface area contributed by atoms with Gasteiger partial charge in [-0.1, -0.05) is 28.1 Å². The van der Waals surface area contributed by atoms with Gasteiger partial charge in [0.2, 0.25) is 0 Å². The minimum atomic E-state index is 0.732. The minimum absolute atomic E-state index is 0.732. The topological polar surface area (TPSA) is 42.1 Å². The van der Waals surface area contributed by atoms with Gasteiger partial charge >= 0.3 is 0 Å². The first-order chi connectivity index (χ1) is 8.15. The Labute approximate surface area is 109 Å². The van der Waals surface area contributed by atoms with E-state index in [0.717, 1.165) is 22.5 Å². The third kappa shape index (κ3) is 3.20. The predicted molar refractivity (Wildman–Crippen MR) is 74.9 cm³/mol. The van der Waals surface area contributed by atoms with Crippen LogP contribution in [-0.4, -0.2) is 12.0 Å². The first kappa shape index (κ1) is 11.9. The summed E-state index contributed by atoms with van der Waals surface area (Å²) in [5, 5.41) is 0. The van der Waals surface area contributed by atoms with E-state index in [-0.39, 0.29) is 0 Å². The lowest BCUT2D eigenvalue weighted by Crippen LogP contribution is -2.17. The van der Waals surface area contributed by atoms with Crippen LogP contribution < -0.4 is 10.6 Å². The van der Waals surface area contributed by atoms with Crippen LogP contribution in [0.15, 0.2) is 47.1 Å². The number of rotatable bonds is 3. The van der Waals surface area contributed by atoms with Gasteiger partial charge in [0.05, 0.1) is 0 Å². The zero-order valence-electron chi connectivity index (χ0n) is 9.60. The van der Waals surface area contributed by atoms with Crippen LogP contribution in [0.5, 0.6) is 0 Å². The number of nitrogens with two attached hydrogens (primary N) is 1. The Morgan fingerprint density at radius 2 is 2.12 bits per heavy atom. The normalized spacial score (nSPS) is 10.2. The molecule has 0 saturated heterocycles. The second-order valence-electron chi connectivity index (χ2n) is 3.93. The maximum Gasteiger partial charge on any atom is 0.130 e. The van der Waals surface area contributed by atoms with Crippen molar-refractivity contribution in [2.75, 3.05) is 17.7 Å². The monoisotopic (exact) mass is 291 g/mol. The number of aromatic nitrogens is 1. The smallest absolute Gasteiger partial charge is 0.130 e. The Morgan fingerprint density at radius 3 is 2.82 bits per heavy atom. The number of hydrogen-bond acceptors (Lipinski definition) is 3. The molecule has 88 valence electrons. The van der Waals surface area contributed by atoms with Gasteiger partial charge in [0.15, 0.2) is 0 Å². The Morgan fingerprint density at radius 1 is 1.29 bits per heavy atom. The zero-order chi connectivity index (χ0) is 12.3. The van der Waals surface area contributed by atoms with Gasteiger partial charge in [-0.2, -0.15) is 0 Å². The van der Waals surface area contributed by atoms with E-state index in [9.17, 15) is 0 Å². The predicted octanol–water partition coefficient (Wildman–Crippen LogP) is 3.06. The fraction of sp³-hybridized carbons (Fsp3) is 0.154. The number of anilines is 2.